The fourth-order valence-corrected chi connectivity index (χ4v) is 3.68. The van der Waals surface area contributed by atoms with Gasteiger partial charge in [-0.3, -0.25) is 0 Å². The third-order valence-corrected chi connectivity index (χ3v) is 5.19. The van der Waals surface area contributed by atoms with Crippen LogP contribution in [0.1, 0.15) is 54.6 Å². The van der Waals surface area contributed by atoms with Gasteiger partial charge in [-0.25, -0.2) is 4.79 Å². The number of hydrogen-bond donors (Lipinski definition) is 2. The van der Waals surface area contributed by atoms with Crippen molar-refractivity contribution in [3.8, 4) is 5.75 Å². The van der Waals surface area contributed by atoms with Crippen LogP contribution in [0.3, 0.4) is 0 Å². The summed E-state index contributed by atoms with van der Waals surface area (Å²) in [6.45, 7) is 3.63. The molecule has 0 saturated heterocycles. The first kappa shape index (κ1) is 19.9. The van der Waals surface area contributed by atoms with Crippen LogP contribution in [-0.2, 0) is 6.42 Å². The summed E-state index contributed by atoms with van der Waals surface area (Å²) < 4.78 is 5.61. The summed E-state index contributed by atoms with van der Waals surface area (Å²) in [5, 5.41) is 21.0. The topological polar surface area (TPSA) is 70.7 Å². The average Bonchev–Trinajstić information content (AvgIpc) is 2.70. The molecule has 0 radical (unpaired) electrons. The second kappa shape index (κ2) is 8.89. The largest absolute Gasteiger partial charge is 0.507 e. The fourth-order valence-electron chi connectivity index (χ4n) is 3.68. The van der Waals surface area contributed by atoms with Crippen molar-refractivity contribution in [2.75, 3.05) is 0 Å². The van der Waals surface area contributed by atoms with E-state index in [1.165, 1.54) is 6.07 Å². The summed E-state index contributed by atoms with van der Waals surface area (Å²) in [7, 11) is 0. The van der Waals surface area contributed by atoms with Crippen molar-refractivity contribution in [2.45, 2.75) is 44.6 Å². The van der Waals surface area contributed by atoms with Gasteiger partial charge in [-0.2, -0.15) is 0 Å². The van der Waals surface area contributed by atoms with Gasteiger partial charge in [0.2, 0.25) is 0 Å². The monoisotopic (exact) mass is 378 g/mol. The zero-order valence-electron chi connectivity index (χ0n) is 16.2. The molecule has 2 unspecified atom stereocenters. The molecule has 0 saturated carbocycles. The normalized spacial score (nSPS) is 14.4. The van der Waals surface area contributed by atoms with Crippen LogP contribution < -0.4 is 5.63 Å². The lowest BCUT2D eigenvalue weighted by molar-refractivity contribution is 0.147. The molecule has 3 rings (SSSR count). The lowest BCUT2D eigenvalue weighted by atomic mass is 9.88. The number of hydrogen-bond acceptors (Lipinski definition) is 4. The van der Waals surface area contributed by atoms with Gasteiger partial charge in [0.05, 0.1) is 11.7 Å². The Balaban J connectivity index is 1.99. The number of aliphatic hydroxyl groups excluding tert-OH is 1. The van der Waals surface area contributed by atoms with E-state index in [1.54, 1.807) is 6.92 Å². The molecule has 0 fully saturated rings. The van der Waals surface area contributed by atoms with Crippen LogP contribution in [0.2, 0.25) is 0 Å². The van der Waals surface area contributed by atoms with E-state index in [0.29, 0.717) is 18.6 Å². The van der Waals surface area contributed by atoms with E-state index in [-0.39, 0.29) is 17.2 Å². The van der Waals surface area contributed by atoms with Gasteiger partial charge in [0.1, 0.15) is 11.5 Å². The highest BCUT2D eigenvalue weighted by atomic mass is 16.4. The highest BCUT2D eigenvalue weighted by Gasteiger charge is 2.26. The number of aliphatic hydroxyl groups is 1. The molecule has 3 aromatic rings. The van der Waals surface area contributed by atoms with E-state index in [2.05, 4.69) is 0 Å². The van der Waals surface area contributed by atoms with Gasteiger partial charge in [0.25, 0.3) is 0 Å². The van der Waals surface area contributed by atoms with Crippen LogP contribution in [0.4, 0.5) is 0 Å². The van der Waals surface area contributed by atoms with E-state index >= 15 is 0 Å². The van der Waals surface area contributed by atoms with Crippen molar-refractivity contribution in [1.82, 2.24) is 0 Å². The fraction of sp³-hybridized carbons (Fsp3) is 0.292. The molecule has 0 aliphatic carbocycles. The Morgan fingerprint density at radius 3 is 2.14 bits per heavy atom. The Bertz CT molecular complexity index is 945. The van der Waals surface area contributed by atoms with Crippen molar-refractivity contribution in [3.63, 3.8) is 0 Å². The minimum absolute atomic E-state index is 0.0827. The van der Waals surface area contributed by atoms with Crippen LogP contribution in [0.25, 0.3) is 0 Å². The van der Waals surface area contributed by atoms with E-state index in [0.717, 1.165) is 11.1 Å². The second-order valence-electron chi connectivity index (χ2n) is 7.14. The minimum atomic E-state index is -0.732. The molecule has 0 aliphatic rings. The smallest absolute Gasteiger partial charge is 0.343 e. The average molecular weight is 378 g/mol. The molecule has 28 heavy (non-hydrogen) atoms. The molecule has 4 heteroatoms. The maximum atomic E-state index is 12.8. The van der Waals surface area contributed by atoms with Crippen molar-refractivity contribution >= 4 is 0 Å². The van der Waals surface area contributed by atoms with Gasteiger partial charge in [0, 0.05) is 17.9 Å². The van der Waals surface area contributed by atoms with Gasteiger partial charge < -0.3 is 14.6 Å². The Morgan fingerprint density at radius 1 is 1.00 bits per heavy atom. The first-order chi connectivity index (χ1) is 13.5. The van der Waals surface area contributed by atoms with Crippen molar-refractivity contribution in [1.29, 1.82) is 0 Å². The van der Waals surface area contributed by atoms with Crippen LogP contribution >= 0.6 is 0 Å². The predicted molar refractivity (Wildman–Crippen MR) is 110 cm³/mol. The second-order valence-corrected chi connectivity index (χ2v) is 7.14. The van der Waals surface area contributed by atoms with Crippen molar-refractivity contribution in [2.24, 2.45) is 0 Å². The lowest BCUT2D eigenvalue weighted by Gasteiger charge is -2.21. The molecule has 1 heterocycles. The van der Waals surface area contributed by atoms with E-state index < -0.39 is 17.6 Å². The molecule has 146 valence electrons. The quantitative estimate of drug-likeness (QED) is 0.631. The highest BCUT2D eigenvalue weighted by Crippen LogP contribution is 2.34. The lowest BCUT2D eigenvalue weighted by Crippen LogP contribution is -2.21. The highest BCUT2D eigenvalue weighted by molar-refractivity contribution is 5.40. The first-order valence-electron chi connectivity index (χ1n) is 9.65. The predicted octanol–water partition coefficient (Wildman–Crippen LogP) is 4.59. The number of aromatic hydroxyl groups is 1. The Kier molecular flexibility index (Phi) is 6.32. The van der Waals surface area contributed by atoms with Crippen LogP contribution in [-0.4, -0.2) is 16.3 Å². The van der Waals surface area contributed by atoms with Gasteiger partial charge in [-0.05, 0) is 30.9 Å². The summed E-state index contributed by atoms with van der Waals surface area (Å²) in [5.41, 5.74) is 1.69. The van der Waals surface area contributed by atoms with Gasteiger partial charge in [-0.15, -0.1) is 0 Å². The zero-order chi connectivity index (χ0) is 20.1. The zero-order valence-corrected chi connectivity index (χ0v) is 16.2. The molecule has 3 atom stereocenters. The third kappa shape index (κ3) is 4.34. The number of rotatable bonds is 7. The van der Waals surface area contributed by atoms with Crippen molar-refractivity contribution in [3.05, 3.63) is 99.6 Å². The third-order valence-electron chi connectivity index (χ3n) is 5.19. The summed E-state index contributed by atoms with van der Waals surface area (Å²) in [5.74, 6) is -0.453. The molecule has 0 bridgehead atoms. The first-order valence-corrected chi connectivity index (χ1v) is 9.65. The molecular formula is C24H26O4. The molecule has 2 N–H and O–H groups in total. The van der Waals surface area contributed by atoms with Crippen LogP contribution in [0.15, 0.2) is 75.9 Å². The van der Waals surface area contributed by atoms with E-state index in [4.69, 9.17) is 4.42 Å². The van der Waals surface area contributed by atoms with Gasteiger partial charge in [-0.1, -0.05) is 67.6 Å². The standard InChI is InChI=1S/C24H26O4/c1-3-19(18-12-8-5-9-13-18)23-21(26)15-22(28-24(23)27)20(16(2)25)14-17-10-6-4-7-11-17/h4-13,15-16,19-20,25-26H,3,14H2,1-2H3/t16-,19?,20?/m0/s1. The molecular weight excluding hydrogens is 352 g/mol. The van der Waals surface area contributed by atoms with Crippen molar-refractivity contribution < 1.29 is 14.6 Å². The summed E-state index contributed by atoms with van der Waals surface area (Å²) in [6.07, 6.45) is 0.437. The molecule has 0 aliphatic heterocycles. The summed E-state index contributed by atoms with van der Waals surface area (Å²) in [6, 6.07) is 20.8. The molecule has 4 nitrogen and oxygen atoms in total. The Hall–Kier alpha value is -2.85. The molecule has 0 spiro atoms. The summed E-state index contributed by atoms with van der Waals surface area (Å²) in [4.78, 5) is 12.8. The minimum Gasteiger partial charge on any atom is -0.507 e. The van der Waals surface area contributed by atoms with E-state index in [1.807, 2.05) is 67.6 Å². The SMILES string of the molecule is CCC(c1ccccc1)c1c(O)cc(C(Cc2ccccc2)[C@H](C)O)oc1=O. The maximum Gasteiger partial charge on any atom is 0.343 e. The Morgan fingerprint density at radius 2 is 1.61 bits per heavy atom. The van der Waals surface area contributed by atoms with Gasteiger partial charge in [0.15, 0.2) is 0 Å². The van der Waals surface area contributed by atoms with Crippen LogP contribution in [0.5, 0.6) is 5.75 Å². The maximum absolute atomic E-state index is 12.8. The molecule has 1 aromatic heterocycles. The van der Waals surface area contributed by atoms with E-state index in [9.17, 15) is 15.0 Å². The number of benzene rings is 2. The Labute approximate surface area is 165 Å². The van der Waals surface area contributed by atoms with Gasteiger partial charge >= 0.3 is 5.63 Å². The molecule has 0 amide bonds. The van der Waals surface area contributed by atoms with Crippen LogP contribution in [0, 0.1) is 0 Å². The summed E-state index contributed by atoms with van der Waals surface area (Å²) >= 11 is 0. The molecule has 2 aromatic carbocycles.